The van der Waals surface area contributed by atoms with Gasteiger partial charge in [-0.3, -0.25) is 0 Å². The van der Waals surface area contributed by atoms with Crippen LogP contribution in [0.4, 0.5) is 0 Å². The molecular weight excluding hydrogens is 443 g/mol. The van der Waals surface area contributed by atoms with Crippen LogP contribution in [0.25, 0.3) is 38.8 Å². The molecule has 3 aromatic carbocycles. The Hall–Kier alpha value is -2.66. The van der Waals surface area contributed by atoms with Gasteiger partial charge in [-0.25, -0.2) is 4.57 Å². The molecule has 2 aromatic heterocycles. The van der Waals surface area contributed by atoms with Gasteiger partial charge in [0.25, 0.3) is 5.65 Å². The van der Waals surface area contributed by atoms with E-state index in [0.717, 1.165) is 0 Å². The fraction of sp³-hybridized carbons (Fsp3) is 0.0417. The maximum Gasteiger partial charge on any atom is 0.295 e. The maximum atomic E-state index is 2.30. The van der Waals surface area contributed by atoms with Crippen LogP contribution in [-0.2, 0) is 7.05 Å². The molecule has 0 aliphatic rings. The first kappa shape index (κ1) is 17.7. The van der Waals surface area contributed by atoms with Gasteiger partial charge in [0.2, 0.25) is 0 Å². The molecule has 0 saturated carbocycles. The molecule has 0 aliphatic heterocycles. The number of nitrogens with zero attached hydrogens (tertiary/aromatic N) is 2. The number of pyridine rings is 1. The van der Waals surface area contributed by atoms with Gasteiger partial charge in [-0.05, 0) is 35.9 Å². The van der Waals surface area contributed by atoms with E-state index < -0.39 is 0 Å². The predicted molar refractivity (Wildman–Crippen MR) is 107 cm³/mol. The first-order chi connectivity index (χ1) is 12.8. The molecule has 5 rings (SSSR count). The molecule has 5 aromatic rings. The summed E-state index contributed by atoms with van der Waals surface area (Å²) in [5, 5.41) is 2.58. The summed E-state index contributed by atoms with van der Waals surface area (Å²) in [7, 11) is 2.15. The first-order valence-corrected chi connectivity index (χ1v) is 8.87. The third kappa shape index (κ3) is 2.82. The topological polar surface area (TPSA) is 8.81 Å². The number of benzene rings is 3. The third-order valence-corrected chi connectivity index (χ3v) is 5.08. The molecule has 0 amide bonds. The van der Waals surface area contributed by atoms with Crippen molar-refractivity contribution in [2.24, 2.45) is 7.05 Å². The molecule has 0 atom stereocenters. The second kappa shape index (κ2) is 7.16. The Bertz CT molecular complexity index is 1230. The Morgan fingerprint density at radius 1 is 0.704 bits per heavy atom. The highest BCUT2D eigenvalue weighted by atomic mass is 127. The lowest BCUT2D eigenvalue weighted by Crippen LogP contribution is -3.00. The van der Waals surface area contributed by atoms with E-state index in [9.17, 15) is 0 Å². The third-order valence-electron chi connectivity index (χ3n) is 5.08. The average molecular weight is 462 g/mol. The summed E-state index contributed by atoms with van der Waals surface area (Å²) < 4.78 is 4.58. The van der Waals surface area contributed by atoms with E-state index in [-0.39, 0.29) is 24.0 Å². The van der Waals surface area contributed by atoms with Crippen LogP contribution in [-0.4, -0.2) is 4.57 Å². The zero-order valence-corrected chi connectivity index (χ0v) is 17.2. The fourth-order valence-corrected chi connectivity index (χ4v) is 3.89. The second-order valence-corrected chi connectivity index (χ2v) is 6.58. The number of hydrogen-bond acceptors (Lipinski definition) is 0. The van der Waals surface area contributed by atoms with E-state index in [1.807, 2.05) is 0 Å². The van der Waals surface area contributed by atoms with Crippen LogP contribution in [0, 0.1) is 0 Å². The van der Waals surface area contributed by atoms with Gasteiger partial charge < -0.3 is 24.0 Å². The highest BCUT2D eigenvalue weighted by Crippen LogP contribution is 2.34. The van der Waals surface area contributed by atoms with Gasteiger partial charge in [-0.15, -0.1) is 0 Å². The lowest BCUT2D eigenvalue weighted by atomic mass is 10.0. The van der Waals surface area contributed by atoms with E-state index in [2.05, 4.69) is 113 Å². The minimum atomic E-state index is 0. The van der Waals surface area contributed by atoms with Gasteiger partial charge in [-0.2, -0.15) is 4.57 Å². The van der Waals surface area contributed by atoms with Gasteiger partial charge in [0.15, 0.2) is 0 Å². The summed E-state index contributed by atoms with van der Waals surface area (Å²) in [5.74, 6) is 0. The first-order valence-electron chi connectivity index (χ1n) is 8.87. The van der Waals surface area contributed by atoms with Gasteiger partial charge >= 0.3 is 0 Å². The van der Waals surface area contributed by atoms with Crippen molar-refractivity contribution >= 4 is 21.9 Å². The molecule has 27 heavy (non-hydrogen) atoms. The zero-order chi connectivity index (χ0) is 17.5. The van der Waals surface area contributed by atoms with E-state index in [1.54, 1.807) is 0 Å². The number of halogens is 1. The van der Waals surface area contributed by atoms with Crippen molar-refractivity contribution in [3.63, 3.8) is 0 Å². The normalized spacial score (nSPS) is 10.9. The van der Waals surface area contributed by atoms with Gasteiger partial charge in [0, 0.05) is 10.9 Å². The predicted octanol–water partition coefficient (Wildman–Crippen LogP) is 2.28. The second-order valence-electron chi connectivity index (χ2n) is 6.58. The molecule has 0 aliphatic carbocycles. The van der Waals surface area contributed by atoms with Crippen molar-refractivity contribution in [1.29, 1.82) is 0 Å². The lowest BCUT2D eigenvalue weighted by molar-refractivity contribution is -0.570. The minimum Gasteiger partial charge on any atom is -1.00 e. The van der Waals surface area contributed by atoms with E-state index in [4.69, 9.17) is 0 Å². The highest BCUT2D eigenvalue weighted by molar-refractivity contribution is 6.12. The van der Waals surface area contributed by atoms with Crippen molar-refractivity contribution in [1.82, 2.24) is 4.57 Å². The van der Waals surface area contributed by atoms with Crippen molar-refractivity contribution in [2.45, 2.75) is 0 Å². The number of para-hydroxylation sites is 2. The molecule has 2 nitrogen and oxygen atoms in total. The molecule has 0 unspecified atom stereocenters. The minimum absolute atomic E-state index is 0. The summed E-state index contributed by atoms with van der Waals surface area (Å²) in [6.45, 7) is 0. The molecule has 0 radical (unpaired) electrons. The van der Waals surface area contributed by atoms with Crippen LogP contribution in [0.2, 0.25) is 0 Å². The van der Waals surface area contributed by atoms with Crippen molar-refractivity contribution < 1.29 is 28.5 Å². The number of rotatable bonds is 2. The molecule has 0 fully saturated rings. The Kier molecular flexibility index (Phi) is 4.70. The summed E-state index contributed by atoms with van der Waals surface area (Å²) in [4.78, 5) is 0. The van der Waals surface area contributed by atoms with Gasteiger partial charge in [0.1, 0.15) is 11.2 Å². The fourth-order valence-electron chi connectivity index (χ4n) is 3.89. The number of hydrogen-bond donors (Lipinski definition) is 0. The molecule has 0 spiro atoms. The Morgan fingerprint density at radius 2 is 1.33 bits per heavy atom. The highest BCUT2D eigenvalue weighted by Gasteiger charge is 2.23. The van der Waals surface area contributed by atoms with E-state index >= 15 is 0 Å². The van der Waals surface area contributed by atoms with E-state index in [1.165, 1.54) is 38.8 Å². The van der Waals surface area contributed by atoms with Crippen molar-refractivity contribution in [3.8, 4) is 16.8 Å². The van der Waals surface area contributed by atoms with Crippen LogP contribution in [0.5, 0.6) is 0 Å². The molecule has 0 N–H and O–H groups in total. The number of aryl methyl sites for hydroxylation is 1. The van der Waals surface area contributed by atoms with Crippen LogP contribution < -0.4 is 28.5 Å². The van der Waals surface area contributed by atoms with Gasteiger partial charge in [0.05, 0.1) is 18.6 Å². The summed E-state index contributed by atoms with van der Waals surface area (Å²) >= 11 is 0. The van der Waals surface area contributed by atoms with Crippen LogP contribution in [0.1, 0.15) is 0 Å². The lowest BCUT2D eigenvalue weighted by Gasteiger charge is -2.07. The van der Waals surface area contributed by atoms with Crippen LogP contribution in [0.15, 0.2) is 97.2 Å². The van der Waals surface area contributed by atoms with Crippen molar-refractivity contribution in [2.75, 3.05) is 0 Å². The number of fused-ring (bicyclic) bond motifs is 3. The van der Waals surface area contributed by atoms with Gasteiger partial charge in [-0.1, -0.05) is 60.7 Å². The van der Waals surface area contributed by atoms with E-state index in [0.29, 0.717) is 0 Å². The SMILES string of the molecule is Cn1c2ccccc2c2c(-c3ccccc3)cc[n+](-c3ccccc3)c21.[I-]. The van der Waals surface area contributed by atoms with Crippen molar-refractivity contribution in [3.05, 3.63) is 97.2 Å². The standard InChI is InChI=1S/C24H19N2.HI/c1-25-22-15-9-8-14-21(22)23-20(18-10-4-2-5-11-18)16-17-26(24(23)25)19-12-6-3-7-13-19;/h2-17H,1H3;1H/q+1;/p-1. The summed E-state index contributed by atoms with van der Waals surface area (Å²) in [6, 6.07) is 32.0. The molecule has 132 valence electrons. The maximum absolute atomic E-state index is 2.30. The molecule has 3 heteroatoms. The average Bonchev–Trinajstić information content (AvgIpc) is 3.02. The number of aromatic nitrogens is 2. The zero-order valence-electron chi connectivity index (χ0n) is 15.0. The summed E-state index contributed by atoms with van der Waals surface area (Å²) in [5.41, 5.74) is 6.14. The van der Waals surface area contributed by atoms with Crippen LogP contribution >= 0.6 is 0 Å². The Labute approximate surface area is 175 Å². The quantitative estimate of drug-likeness (QED) is 0.281. The summed E-state index contributed by atoms with van der Waals surface area (Å²) in [6.07, 6.45) is 2.18. The molecule has 2 heterocycles. The largest absolute Gasteiger partial charge is 1.00 e. The molecule has 0 bridgehead atoms. The Balaban J connectivity index is 0.00000180. The molecule has 0 saturated heterocycles. The smallest absolute Gasteiger partial charge is 0.295 e. The van der Waals surface area contributed by atoms with Crippen LogP contribution in [0.3, 0.4) is 0 Å². The monoisotopic (exact) mass is 462 g/mol. The molecular formula is C24H19IN2. The Morgan fingerprint density at radius 3 is 2.07 bits per heavy atom.